The molecule has 0 aliphatic rings. The number of H-pyrrole nitrogens is 1. The third-order valence-electron chi connectivity index (χ3n) is 4.70. The van der Waals surface area contributed by atoms with Crippen LogP contribution < -0.4 is 4.74 Å². The molecule has 7 nitrogen and oxygen atoms in total. The number of hydrogen-bond donors (Lipinski definition) is 2. The van der Waals surface area contributed by atoms with E-state index in [0.717, 1.165) is 11.1 Å². The maximum absolute atomic E-state index is 12.3. The predicted octanol–water partition coefficient (Wildman–Crippen LogP) is 4.79. The number of esters is 1. The zero-order valence-corrected chi connectivity index (χ0v) is 17.0. The molecule has 158 valence electrons. The number of nitrogens with one attached hydrogen (secondary N) is 1. The largest absolute Gasteiger partial charge is 0.507 e. The first kappa shape index (κ1) is 20.7. The molecule has 0 amide bonds. The zero-order chi connectivity index (χ0) is 22.3. The van der Waals surface area contributed by atoms with Gasteiger partial charge in [0, 0.05) is 0 Å². The molecule has 2 N–H and O–H groups in total. The lowest BCUT2D eigenvalue weighted by molar-refractivity contribution is 0.0502. The lowest BCUT2D eigenvalue weighted by Crippen LogP contribution is -2.09. The van der Waals surface area contributed by atoms with Gasteiger partial charge in [0.15, 0.2) is 11.6 Å². The fraction of sp³-hybridized carbons (Fsp3) is 0.0800. The van der Waals surface area contributed by atoms with Crippen LogP contribution in [0.15, 0.2) is 84.6 Å². The Morgan fingerprint density at radius 1 is 1.00 bits per heavy atom. The number of ether oxygens (including phenoxy) is 2. The maximum Gasteiger partial charge on any atom is 0.338 e. The van der Waals surface area contributed by atoms with Gasteiger partial charge < -0.3 is 19.6 Å². The summed E-state index contributed by atoms with van der Waals surface area (Å²) in [6.45, 7) is -0.0347. The van der Waals surface area contributed by atoms with Gasteiger partial charge in [0.2, 0.25) is 0 Å². The lowest BCUT2D eigenvalue weighted by Gasteiger charge is -2.08. The highest BCUT2D eigenvalue weighted by molar-refractivity contribution is 5.90. The number of para-hydroxylation sites is 2. The van der Waals surface area contributed by atoms with E-state index in [4.69, 9.17) is 9.47 Å². The van der Waals surface area contributed by atoms with Crippen molar-refractivity contribution in [2.24, 2.45) is 0 Å². The number of imidazole rings is 1. The van der Waals surface area contributed by atoms with Gasteiger partial charge in [-0.15, -0.1) is 0 Å². The van der Waals surface area contributed by atoms with E-state index in [2.05, 4.69) is 9.97 Å². The number of allylic oxidation sites excluding steroid dienone is 1. The number of aromatic amines is 1. The SMILES string of the molecule is N#CC(=C(O)COC(=O)c1ccc(OCc2ccccc2)cc1)c1nc2ccccc2[nH]1. The standard InChI is InChI=1S/C25H19N3O4/c26-14-20(24-27-21-8-4-5-9-22(21)28-24)23(29)16-32-25(30)18-10-12-19(13-11-18)31-15-17-6-2-1-3-7-17/h1-13,29H,15-16H2,(H,27,28). The molecule has 7 heteroatoms. The summed E-state index contributed by atoms with van der Waals surface area (Å²) in [5.74, 6) is -0.192. The molecule has 0 aliphatic heterocycles. The van der Waals surface area contributed by atoms with Crippen molar-refractivity contribution in [2.75, 3.05) is 6.61 Å². The lowest BCUT2D eigenvalue weighted by atomic mass is 10.2. The van der Waals surface area contributed by atoms with Crippen molar-refractivity contribution >= 4 is 22.6 Å². The van der Waals surface area contributed by atoms with Crippen LogP contribution in [0.1, 0.15) is 21.7 Å². The van der Waals surface area contributed by atoms with Crippen molar-refractivity contribution < 1.29 is 19.4 Å². The molecule has 0 fully saturated rings. The quantitative estimate of drug-likeness (QED) is 0.250. The average molecular weight is 425 g/mol. The van der Waals surface area contributed by atoms with Gasteiger partial charge in [-0.3, -0.25) is 0 Å². The summed E-state index contributed by atoms with van der Waals surface area (Å²) >= 11 is 0. The third-order valence-corrected chi connectivity index (χ3v) is 4.70. The monoisotopic (exact) mass is 425 g/mol. The van der Waals surface area contributed by atoms with E-state index in [1.54, 1.807) is 30.3 Å². The van der Waals surface area contributed by atoms with E-state index in [9.17, 15) is 15.2 Å². The second-order valence-corrected chi connectivity index (χ2v) is 6.91. The fourth-order valence-electron chi connectivity index (χ4n) is 3.04. The summed E-state index contributed by atoms with van der Waals surface area (Å²) in [6.07, 6.45) is 0. The van der Waals surface area contributed by atoms with Crippen molar-refractivity contribution in [1.82, 2.24) is 9.97 Å². The number of aromatic nitrogens is 2. The molecular formula is C25H19N3O4. The first-order chi connectivity index (χ1) is 15.6. The minimum absolute atomic E-state index is 0.0846. The van der Waals surface area contributed by atoms with E-state index in [1.807, 2.05) is 54.6 Å². The highest BCUT2D eigenvalue weighted by atomic mass is 16.5. The summed E-state index contributed by atoms with van der Waals surface area (Å²) in [4.78, 5) is 19.6. The van der Waals surface area contributed by atoms with Gasteiger partial charge >= 0.3 is 5.97 Å². The van der Waals surface area contributed by atoms with Gasteiger partial charge in [-0.2, -0.15) is 5.26 Å². The van der Waals surface area contributed by atoms with Crippen molar-refractivity contribution in [3.63, 3.8) is 0 Å². The number of aliphatic hydroxyl groups is 1. The Morgan fingerprint density at radius 3 is 2.44 bits per heavy atom. The second kappa shape index (κ2) is 9.49. The molecule has 32 heavy (non-hydrogen) atoms. The van der Waals surface area contributed by atoms with E-state index >= 15 is 0 Å². The third kappa shape index (κ3) is 4.77. The molecule has 4 rings (SSSR count). The molecule has 0 spiro atoms. The van der Waals surface area contributed by atoms with E-state index < -0.39 is 12.6 Å². The number of aliphatic hydroxyl groups excluding tert-OH is 1. The van der Waals surface area contributed by atoms with Gasteiger partial charge in [-0.05, 0) is 42.0 Å². The molecule has 4 aromatic rings. The van der Waals surface area contributed by atoms with Crippen molar-refractivity contribution in [3.8, 4) is 11.8 Å². The summed E-state index contributed by atoms with van der Waals surface area (Å²) in [5.41, 5.74) is 2.64. The maximum atomic E-state index is 12.3. The highest BCUT2D eigenvalue weighted by Crippen LogP contribution is 2.19. The molecule has 0 saturated carbocycles. The molecule has 0 radical (unpaired) electrons. The number of carbonyl (C=O) groups excluding carboxylic acids is 1. The molecule has 1 heterocycles. The van der Waals surface area contributed by atoms with Crippen LogP contribution in [0.2, 0.25) is 0 Å². The van der Waals surface area contributed by atoms with Crippen LogP contribution in [0.5, 0.6) is 5.75 Å². The fourth-order valence-corrected chi connectivity index (χ4v) is 3.04. The Balaban J connectivity index is 1.38. The Hall–Kier alpha value is -4.57. The Bertz CT molecular complexity index is 1270. The Labute approximate surface area is 184 Å². The number of nitriles is 1. The molecule has 0 aliphatic carbocycles. The van der Waals surface area contributed by atoms with E-state index in [0.29, 0.717) is 23.4 Å². The van der Waals surface area contributed by atoms with Crippen molar-refractivity contribution in [1.29, 1.82) is 5.26 Å². The molecule has 1 aromatic heterocycles. The highest BCUT2D eigenvalue weighted by Gasteiger charge is 2.15. The molecule has 3 aromatic carbocycles. The van der Waals surface area contributed by atoms with Crippen LogP contribution in [0.25, 0.3) is 16.6 Å². The zero-order valence-electron chi connectivity index (χ0n) is 17.0. The molecule has 0 saturated heterocycles. The van der Waals surface area contributed by atoms with Crippen LogP contribution in [-0.4, -0.2) is 27.7 Å². The molecule has 0 atom stereocenters. The number of fused-ring (bicyclic) bond motifs is 1. The van der Waals surface area contributed by atoms with Gasteiger partial charge in [0.1, 0.15) is 30.6 Å². The Morgan fingerprint density at radius 2 is 1.72 bits per heavy atom. The molecular weight excluding hydrogens is 406 g/mol. The minimum Gasteiger partial charge on any atom is -0.507 e. The number of benzene rings is 3. The number of hydrogen-bond acceptors (Lipinski definition) is 6. The van der Waals surface area contributed by atoms with Crippen LogP contribution in [-0.2, 0) is 11.3 Å². The van der Waals surface area contributed by atoms with E-state index in [-0.39, 0.29) is 17.2 Å². The predicted molar refractivity (Wildman–Crippen MR) is 119 cm³/mol. The normalized spacial score (nSPS) is 11.5. The summed E-state index contributed by atoms with van der Waals surface area (Å²) in [5, 5.41) is 19.7. The minimum atomic E-state index is -0.631. The first-order valence-electron chi connectivity index (χ1n) is 9.85. The summed E-state index contributed by atoms with van der Waals surface area (Å²) in [6, 6.07) is 25.4. The molecule has 0 unspecified atom stereocenters. The van der Waals surface area contributed by atoms with Crippen molar-refractivity contribution in [3.05, 3.63) is 102 Å². The van der Waals surface area contributed by atoms with Gasteiger partial charge in [0.25, 0.3) is 0 Å². The number of carbonyl (C=O) groups is 1. The second-order valence-electron chi connectivity index (χ2n) is 6.91. The van der Waals surface area contributed by atoms with Crippen LogP contribution >= 0.6 is 0 Å². The van der Waals surface area contributed by atoms with Gasteiger partial charge in [-0.25, -0.2) is 9.78 Å². The molecule has 0 bridgehead atoms. The van der Waals surface area contributed by atoms with Crippen LogP contribution in [0.3, 0.4) is 0 Å². The van der Waals surface area contributed by atoms with Gasteiger partial charge in [0.05, 0.1) is 16.6 Å². The van der Waals surface area contributed by atoms with Crippen LogP contribution in [0, 0.1) is 11.3 Å². The van der Waals surface area contributed by atoms with Crippen LogP contribution in [0.4, 0.5) is 0 Å². The number of nitrogens with zero attached hydrogens (tertiary/aromatic N) is 2. The smallest absolute Gasteiger partial charge is 0.338 e. The summed E-state index contributed by atoms with van der Waals surface area (Å²) < 4.78 is 10.9. The van der Waals surface area contributed by atoms with Crippen molar-refractivity contribution in [2.45, 2.75) is 6.61 Å². The van der Waals surface area contributed by atoms with E-state index in [1.165, 1.54) is 0 Å². The first-order valence-corrected chi connectivity index (χ1v) is 9.85. The Kier molecular flexibility index (Phi) is 6.14. The average Bonchev–Trinajstić information content (AvgIpc) is 3.26. The topological polar surface area (TPSA) is 108 Å². The van der Waals surface area contributed by atoms with Gasteiger partial charge in [-0.1, -0.05) is 42.5 Å². The number of rotatable bonds is 7. The summed E-state index contributed by atoms with van der Waals surface area (Å²) in [7, 11) is 0.